The van der Waals surface area contributed by atoms with Crippen LogP contribution < -0.4 is 28.4 Å². The van der Waals surface area contributed by atoms with E-state index in [9.17, 15) is 9.59 Å². The third-order valence-corrected chi connectivity index (χ3v) is 5.18. The van der Waals surface area contributed by atoms with Crippen LogP contribution in [0.2, 0.25) is 0 Å². The van der Waals surface area contributed by atoms with Crippen molar-refractivity contribution in [2.75, 3.05) is 28.4 Å². The smallest absolute Gasteiger partial charge is 0.343 e. The molecule has 0 aromatic heterocycles. The number of allylic oxidation sites excluding steroid dienone is 1. The Bertz CT molecular complexity index is 1290. The number of Topliss-reactive ketones (excluding diaryl/α,β-unsaturated/α-hetero) is 1. The Morgan fingerprint density at radius 1 is 0.765 bits per heavy atom. The predicted octanol–water partition coefficient (Wildman–Crippen LogP) is 4.56. The van der Waals surface area contributed by atoms with E-state index in [1.54, 1.807) is 49.6 Å². The first kappa shape index (κ1) is 22.7. The molecule has 0 atom stereocenters. The minimum Gasteiger partial charge on any atom is -0.493 e. The highest BCUT2D eigenvalue weighted by molar-refractivity contribution is 6.14. The van der Waals surface area contributed by atoms with Gasteiger partial charge in [-0.3, -0.25) is 4.79 Å². The first-order chi connectivity index (χ1) is 16.5. The molecule has 174 valence electrons. The van der Waals surface area contributed by atoms with Crippen LogP contribution in [0.25, 0.3) is 6.08 Å². The lowest BCUT2D eigenvalue weighted by molar-refractivity contribution is 0.0734. The summed E-state index contributed by atoms with van der Waals surface area (Å²) in [6, 6.07) is 14.6. The van der Waals surface area contributed by atoms with Crippen molar-refractivity contribution in [1.29, 1.82) is 0 Å². The Balaban J connectivity index is 1.54. The molecule has 3 aromatic rings. The zero-order valence-electron chi connectivity index (χ0n) is 19.0. The third kappa shape index (κ3) is 4.38. The summed E-state index contributed by atoms with van der Waals surface area (Å²) >= 11 is 0. The van der Waals surface area contributed by atoms with E-state index in [-0.39, 0.29) is 22.9 Å². The lowest BCUT2D eigenvalue weighted by Gasteiger charge is -2.10. The summed E-state index contributed by atoms with van der Waals surface area (Å²) in [6.07, 6.45) is 1.61. The monoisotopic (exact) mass is 462 g/mol. The van der Waals surface area contributed by atoms with Gasteiger partial charge in [-0.25, -0.2) is 4.79 Å². The fourth-order valence-corrected chi connectivity index (χ4v) is 3.45. The van der Waals surface area contributed by atoms with Gasteiger partial charge in [0.1, 0.15) is 11.5 Å². The lowest BCUT2D eigenvalue weighted by Crippen LogP contribution is -2.09. The molecule has 0 aliphatic carbocycles. The minimum atomic E-state index is -0.591. The number of hydrogen-bond acceptors (Lipinski definition) is 8. The zero-order valence-corrected chi connectivity index (χ0v) is 19.0. The van der Waals surface area contributed by atoms with Crippen LogP contribution in [0.1, 0.15) is 26.3 Å². The van der Waals surface area contributed by atoms with E-state index in [1.165, 1.54) is 39.5 Å². The molecule has 0 spiro atoms. The molecule has 8 nitrogen and oxygen atoms in total. The van der Waals surface area contributed by atoms with Crippen molar-refractivity contribution < 1.29 is 38.0 Å². The summed E-state index contributed by atoms with van der Waals surface area (Å²) in [7, 11) is 6.07. The molecule has 0 saturated heterocycles. The van der Waals surface area contributed by atoms with E-state index in [0.29, 0.717) is 39.9 Å². The highest BCUT2D eigenvalue weighted by atomic mass is 16.5. The van der Waals surface area contributed by atoms with Crippen LogP contribution in [0, 0.1) is 0 Å². The van der Waals surface area contributed by atoms with Crippen molar-refractivity contribution in [1.82, 2.24) is 0 Å². The number of esters is 1. The molecule has 8 heteroatoms. The zero-order chi connectivity index (χ0) is 24.2. The summed E-state index contributed by atoms with van der Waals surface area (Å²) in [6.45, 7) is 0. The fraction of sp³-hybridized carbons (Fsp3) is 0.154. The summed E-state index contributed by atoms with van der Waals surface area (Å²) in [5, 5.41) is 0. The highest BCUT2D eigenvalue weighted by Crippen LogP contribution is 2.36. The third-order valence-electron chi connectivity index (χ3n) is 5.18. The number of fused-ring (bicyclic) bond motifs is 1. The van der Waals surface area contributed by atoms with Crippen LogP contribution in [0.4, 0.5) is 0 Å². The maximum absolute atomic E-state index is 12.8. The Kier molecular flexibility index (Phi) is 6.40. The lowest BCUT2D eigenvalue weighted by atomic mass is 10.1. The number of rotatable bonds is 7. The minimum absolute atomic E-state index is 0.144. The largest absolute Gasteiger partial charge is 0.493 e. The van der Waals surface area contributed by atoms with Gasteiger partial charge in [-0.2, -0.15) is 0 Å². The Morgan fingerprint density at radius 3 is 2.09 bits per heavy atom. The molecule has 3 aromatic carbocycles. The van der Waals surface area contributed by atoms with E-state index in [0.717, 1.165) is 0 Å². The van der Waals surface area contributed by atoms with Gasteiger partial charge >= 0.3 is 5.97 Å². The van der Waals surface area contributed by atoms with Gasteiger partial charge in [0.25, 0.3) is 0 Å². The van der Waals surface area contributed by atoms with Crippen LogP contribution in [0.5, 0.6) is 34.5 Å². The van der Waals surface area contributed by atoms with Crippen molar-refractivity contribution in [3.63, 3.8) is 0 Å². The van der Waals surface area contributed by atoms with E-state index >= 15 is 0 Å². The topological polar surface area (TPSA) is 89.5 Å². The fourth-order valence-electron chi connectivity index (χ4n) is 3.45. The van der Waals surface area contributed by atoms with Crippen molar-refractivity contribution >= 4 is 17.8 Å². The normalized spacial score (nSPS) is 13.2. The Hall–Kier alpha value is -4.46. The van der Waals surface area contributed by atoms with Crippen LogP contribution in [-0.2, 0) is 0 Å². The Labute approximate surface area is 196 Å². The van der Waals surface area contributed by atoms with E-state index in [1.807, 2.05) is 0 Å². The number of ether oxygens (including phenoxy) is 6. The number of methoxy groups -OCH3 is 4. The van der Waals surface area contributed by atoms with Gasteiger partial charge in [0.05, 0.1) is 39.6 Å². The van der Waals surface area contributed by atoms with Crippen molar-refractivity contribution in [2.45, 2.75) is 0 Å². The highest BCUT2D eigenvalue weighted by Gasteiger charge is 2.28. The van der Waals surface area contributed by atoms with Crippen LogP contribution in [0.15, 0.2) is 60.4 Å². The second kappa shape index (κ2) is 9.58. The van der Waals surface area contributed by atoms with Crippen molar-refractivity contribution in [3.8, 4) is 34.5 Å². The molecule has 0 amide bonds. The average Bonchev–Trinajstić information content (AvgIpc) is 3.17. The number of benzene rings is 3. The van der Waals surface area contributed by atoms with Gasteiger partial charge in [0.15, 0.2) is 28.8 Å². The molecule has 0 unspecified atom stereocenters. The molecule has 0 bridgehead atoms. The van der Waals surface area contributed by atoms with Gasteiger partial charge in [0.2, 0.25) is 5.78 Å². The quantitative estimate of drug-likeness (QED) is 0.287. The number of carbonyl (C=O) groups excluding carboxylic acids is 2. The first-order valence-corrected chi connectivity index (χ1v) is 10.2. The average molecular weight is 462 g/mol. The van der Waals surface area contributed by atoms with Gasteiger partial charge in [-0.15, -0.1) is 0 Å². The maximum Gasteiger partial charge on any atom is 0.343 e. The van der Waals surface area contributed by atoms with Crippen molar-refractivity contribution in [3.05, 3.63) is 77.0 Å². The molecule has 0 radical (unpaired) electrons. The van der Waals surface area contributed by atoms with Crippen LogP contribution >= 0.6 is 0 Å². The maximum atomic E-state index is 12.8. The van der Waals surface area contributed by atoms with E-state index < -0.39 is 5.97 Å². The molecular formula is C26H22O8. The van der Waals surface area contributed by atoms with Crippen molar-refractivity contribution in [2.24, 2.45) is 0 Å². The number of hydrogen-bond donors (Lipinski definition) is 0. The molecule has 1 heterocycles. The second-order valence-electron chi connectivity index (χ2n) is 7.17. The molecule has 0 saturated carbocycles. The van der Waals surface area contributed by atoms with Gasteiger partial charge in [-0.05, 0) is 54.1 Å². The summed E-state index contributed by atoms with van der Waals surface area (Å²) in [5.41, 5.74) is 1.36. The summed E-state index contributed by atoms with van der Waals surface area (Å²) in [5.74, 6) is 1.83. The molecule has 0 N–H and O–H groups in total. The molecule has 0 fully saturated rings. The van der Waals surface area contributed by atoms with E-state index in [4.69, 9.17) is 28.4 Å². The van der Waals surface area contributed by atoms with Crippen LogP contribution in [-0.4, -0.2) is 40.2 Å². The first-order valence-electron chi connectivity index (χ1n) is 10.2. The standard InChI is InChI=1S/C26H22O8/c1-29-19-9-5-15(11-22(19)31-3)12-24-25(27)18-8-7-17(14-21(18)34-24)33-26(28)16-6-10-20(30-2)23(13-16)32-4/h5-14H,1-4H3. The second-order valence-corrected chi connectivity index (χ2v) is 7.17. The molecule has 1 aliphatic heterocycles. The molecular weight excluding hydrogens is 440 g/mol. The molecule has 4 rings (SSSR count). The van der Waals surface area contributed by atoms with Crippen LogP contribution in [0.3, 0.4) is 0 Å². The number of carbonyl (C=O) groups is 2. The molecule has 1 aliphatic rings. The number of ketones is 1. The SMILES string of the molecule is COc1ccc(C=C2Oc3cc(OC(=O)c4ccc(OC)c(OC)c4)ccc3C2=O)cc1OC. The predicted molar refractivity (Wildman–Crippen MR) is 123 cm³/mol. The molecule has 34 heavy (non-hydrogen) atoms. The van der Waals surface area contributed by atoms with E-state index in [2.05, 4.69) is 0 Å². The summed E-state index contributed by atoms with van der Waals surface area (Å²) < 4.78 is 32.2. The summed E-state index contributed by atoms with van der Waals surface area (Å²) in [4.78, 5) is 25.4. The van der Waals surface area contributed by atoms with Gasteiger partial charge in [-0.1, -0.05) is 6.07 Å². The Morgan fingerprint density at radius 2 is 1.41 bits per heavy atom. The van der Waals surface area contributed by atoms with Gasteiger partial charge < -0.3 is 28.4 Å². The van der Waals surface area contributed by atoms with Gasteiger partial charge in [0, 0.05) is 6.07 Å².